The molecule has 2 nitrogen and oxygen atoms in total. The Kier molecular flexibility index (Phi) is 5.47. The molecular weight excluding hydrogens is 380 g/mol. The Labute approximate surface area is 187 Å². The summed E-state index contributed by atoms with van der Waals surface area (Å²) in [5.41, 5.74) is 3.02. The van der Waals surface area contributed by atoms with Gasteiger partial charge in [-0.2, -0.15) is 0 Å². The fourth-order valence-electron chi connectivity index (χ4n) is 8.19. The average Bonchev–Trinajstić information content (AvgIpc) is 3.07. The first-order chi connectivity index (χ1) is 14.9. The number of rotatable bonds is 5. The van der Waals surface area contributed by atoms with Crippen molar-refractivity contribution in [3.05, 3.63) is 47.5 Å². The molecule has 0 saturated heterocycles. The van der Waals surface area contributed by atoms with Crippen molar-refractivity contribution in [3.8, 4) is 0 Å². The zero-order valence-electron chi connectivity index (χ0n) is 19.4. The van der Waals surface area contributed by atoms with E-state index in [2.05, 4.69) is 50.3 Å². The van der Waals surface area contributed by atoms with Gasteiger partial charge in [-0.3, -0.25) is 9.59 Å². The lowest BCUT2D eigenvalue weighted by molar-refractivity contribution is -0.133. The number of hydrogen-bond acceptors (Lipinski definition) is 2. The number of fused-ring (bicyclic) bond motifs is 5. The Bertz CT molecular complexity index is 883. The molecule has 0 N–H and O–H groups in total. The standard InChI is InChI=1S/C29H38O2/c1-28-16-14-22(30)19-26(28)21(11-7-6-10-20-8-4-3-5-9-20)18-23-24-12-13-27(31)29(24,2)17-15-25(23)28/h3-5,8-9,19,21,23-25H,6-7,10-18H2,1-2H3/t21-,23-,24-,25-,28+,29-/m0/s1. The van der Waals surface area contributed by atoms with E-state index >= 15 is 0 Å². The quantitative estimate of drug-likeness (QED) is 0.497. The van der Waals surface area contributed by atoms with Crippen molar-refractivity contribution in [2.24, 2.45) is 34.5 Å². The van der Waals surface area contributed by atoms with E-state index < -0.39 is 0 Å². The van der Waals surface area contributed by atoms with Crippen LogP contribution in [0.2, 0.25) is 0 Å². The van der Waals surface area contributed by atoms with Gasteiger partial charge in [0.05, 0.1) is 0 Å². The summed E-state index contributed by atoms with van der Waals surface area (Å²) in [6.07, 6.45) is 13.9. The summed E-state index contributed by atoms with van der Waals surface area (Å²) < 4.78 is 0. The zero-order valence-corrected chi connectivity index (χ0v) is 19.4. The summed E-state index contributed by atoms with van der Waals surface area (Å²) in [7, 11) is 0. The van der Waals surface area contributed by atoms with Crippen LogP contribution in [0.4, 0.5) is 0 Å². The molecule has 0 unspecified atom stereocenters. The number of aryl methyl sites for hydroxylation is 1. The molecule has 166 valence electrons. The molecule has 31 heavy (non-hydrogen) atoms. The highest BCUT2D eigenvalue weighted by Gasteiger charge is 2.60. The van der Waals surface area contributed by atoms with Gasteiger partial charge in [0.25, 0.3) is 0 Å². The van der Waals surface area contributed by atoms with Gasteiger partial charge < -0.3 is 0 Å². The number of allylic oxidation sites excluding steroid dienone is 1. The van der Waals surface area contributed by atoms with Gasteiger partial charge in [0, 0.05) is 18.3 Å². The van der Waals surface area contributed by atoms with E-state index in [1.165, 1.54) is 43.2 Å². The van der Waals surface area contributed by atoms with Crippen LogP contribution in [0.5, 0.6) is 0 Å². The number of hydrogen-bond donors (Lipinski definition) is 0. The Morgan fingerprint density at radius 3 is 2.48 bits per heavy atom. The molecule has 4 aliphatic carbocycles. The molecule has 1 aromatic rings. The molecule has 0 amide bonds. The van der Waals surface area contributed by atoms with E-state index in [-0.39, 0.29) is 10.8 Å². The van der Waals surface area contributed by atoms with E-state index in [4.69, 9.17) is 0 Å². The molecule has 0 aromatic heterocycles. The molecule has 4 aliphatic rings. The van der Waals surface area contributed by atoms with Crippen molar-refractivity contribution in [2.45, 2.75) is 84.5 Å². The summed E-state index contributed by atoms with van der Waals surface area (Å²) in [5.74, 6) is 3.31. The SMILES string of the molecule is C[C@]12CCC(=O)C=C1[C@@H](CCCCc1ccccc1)C[C@@H]1[C@@H]2CC[C@]2(C)C(=O)CC[C@@H]12. The lowest BCUT2D eigenvalue weighted by Gasteiger charge is -2.59. The Morgan fingerprint density at radius 2 is 1.68 bits per heavy atom. The van der Waals surface area contributed by atoms with Gasteiger partial charge in [-0.05, 0) is 92.1 Å². The highest BCUT2D eigenvalue weighted by Crippen LogP contribution is 2.65. The minimum absolute atomic E-state index is 0.0684. The van der Waals surface area contributed by atoms with Crippen molar-refractivity contribution in [2.75, 3.05) is 0 Å². The number of carbonyl (C=O) groups excluding carboxylic acids is 2. The molecule has 3 fully saturated rings. The van der Waals surface area contributed by atoms with E-state index in [1.807, 2.05) is 0 Å². The second kappa shape index (κ2) is 8.01. The van der Waals surface area contributed by atoms with Crippen LogP contribution in [0, 0.1) is 34.5 Å². The highest BCUT2D eigenvalue weighted by atomic mass is 16.1. The van der Waals surface area contributed by atoms with Crippen LogP contribution in [-0.2, 0) is 16.0 Å². The number of benzene rings is 1. The van der Waals surface area contributed by atoms with Gasteiger partial charge in [-0.25, -0.2) is 0 Å². The largest absolute Gasteiger partial charge is 0.299 e. The lowest BCUT2D eigenvalue weighted by Crippen LogP contribution is -2.52. The van der Waals surface area contributed by atoms with Crippen molar-refractivity contribution in [1.82, 2.24) is 0 Å². The molecule has 0 radical (unpaired) electrons. The van der Waals surface area contributed by atoms with Crippen LogP contribution in [0.25, 0.3) is 0 Å². The third kappa shape index (κ3) is 3.55. The van der Waals surface area contributed by atoms with E-state index in [9.17, 15) is 9.59 Å². The first-order valence-electron chi connectivity index (χ1n) is 12.7. The smallest absolute Gasteiger partial charge is 0.155 e. The van der Waals surface area contributed by atoms with Gasteiger partial charge in [0.15, 0.2) is 5.78 Å². The highest BCUT2D eigenvalue weighted by molar-refractivity contribution is 5.92. The Hall–Kier alpha value is -1.70. The molecule has 0 bridgehead atoms. The maximum atomic E-state index is 12.8. The minimum atomic E-state index is -0.0684. The lowest BCUT2D eigenvalue weighted by atomic mass is 9.45. The summed E-state index contributed by atoms with van der Waals surface area (Å²) in [4.78, 5) is 25.2. The van der Waals surface area contributed by atoms with Crippen LogP contribution >= 0.6 is 0 Å². The van der Waals surface area contributed by atoms with Crippen LogP contribution in [0.15, 0.2) is 42.0 Å². The van der Waals surface area contributed by atoms with Crippen molar-refractivity contribution < 1.29 is 9.59 Å². The maximum absolute atomic E-state index is 12.8. The van der Waals surface area contributed by atoms with Crippen LogP contribution < -0.4 is 0 Å². The second-order valence-electron chi connectivity index (χ2n) is 11.4. The monoisotopic (exact) mass is 418 g/mol. The fourth-order valence-corrected chi connectivity index (χ4v) is 8.19. The van der Waals surface area contributed by atoms with Crippen LogP contribution in [0.3, 0.4) is 0 Å². The van der Waals surface area contributed by atoms with Crippen molar-refractivity contribution in [1.29, 1.82) is 0 Å². The van der Waals surface area contributed by atoms with E-state index in [1.54, 1.807) is 0 Å². The topological polar surface area (TPSA) is 34.1 Å². The molecule has 2 heteroatoms. The molecule has 3 saturated carbocycles. The molecule has 0 heterocycles. The molecule has 6 atom stereocenters. The van der Waals surface area contributed by atoms with Crippen LogP contribution in [0.1, 0.15) is 83.6 Å². The second-order valence-corrected chi connectivity index (χ2v) is 11.4. The Balaban J connectivity index is 1.36. The van der Waals surface area contributed by atoms with Crippen molar-refractivity contribution >= 4 is 11.6 Å². The van der Waals surface area contributed by atoms with E-state index in [0.29, 0.717) is 41.7 Å². The third-order valence-electron chi connectivity index (χ3n) is 9.94. The summed E-state index contributed by atoms with van der Waals surface area (Å²) in [6, 6.07) is 10.8. The van der Waals surface area contributed by atoms with Gasteiger partial charge in [0.1, 0.15) is 5.78 Å². The number of ketones is 2. The molecule has 0 aliphatic heterocycles. The van der Waals surface area contributed by atoms with E-state index in [0.717, 1.165) is 32.1 Å². The predicted octanol–water partition coefficient (Wildman–Crippen LogP) is 6.73. The van der Waals surface area contributed by atoms with Gasteiger partial charge >= 0.3 is 0 Å². The predicted molar refractivity (Wildman–Crippen MR) is 125 cm³/mol. The van der Waals surface area contributed by atoms with Crippen LogP contribution in [-0.4, -0.2) is 11.6 Å². The first kappa shape index (κ1) is 21.2. The number of carbonyl (C=O) groups is 2. The van der Waals surface area contributed by atoms with Gasteiger partial charge in [0.2, 0.25) is 0 Å². The first-order valence-corrected chi connectivity index (χ1v) is 12.7. The fraction of sp³-hybridized carbons (Fsp3) is 0.655. The molecular formula is C29H38O2. The molecule has 0 spiro atoms. The normalized spacial score (nSPS) is 39.5. The average molecular weight is 419 g/mol. The minimum Gasteiger partial charge on any atom is -0.299 e. The van der Waals surface area contributed by atoms with Gasteiger partial charge in [-0.15, -0.1) is 0 Å². The summed E-state index contributed by atoms with van der Waals surface area (Å²) in [5, 5.41) is 0. The molecule has 1 aromatic carbocycles. The summed E-state index contributed by atoms with van der Waals surface area (Å²) in [6.45, 7) is 4.74. The molecule has 5 rings (SSSR count). The number of unbranched alkanes of at least 4 members (excludes halogenated alkanes) is 1. The zero-order chi connectivity index (χ0) is 21.6. The summed E-state index contributed by atoms with van der Waals surface area (Å²) >= 11 is 0. The van der Waals surface area contributed by atoms with Crippen molar-refractivity contribution in [3.63, 3.8) is 0 Å². The maximum Gasteiger partial charge on any atom is 0.155 e. The third-order valence-corrected chi connectivity index (χ3v) is 9.94. The van der Waals surface area contributed by atoms with Gasteiger partial charge in [-0.1, -0.05) is 56.2 Å². The Morgan fingerprint density at radius 1 is 0.903 bits per heavy atom. The number of Topliss-reactive ketones (excluding diaryl/α,β-unsaturated/α-hetero) is 1.